The largest absolute Gasteiger partial charge is 0.416 e. The molecular weight excluding hydrogens is 262 g/mol. The fourth-order valence-corrected chi connectivity index (χ4v) is 1.56. The van der Waals surface area contributed by atoms with Crippen LogP contribution in [-0.4, -0.2) is 9.78 Å². The highest BCUT2D eigenvalue weighted by molar-refractivity contribution is 5.35. The molecule has 0 fully saturated rings. The van der Waals surface area contributed by atoms with Crippen molar-refractivity contribution in [3.63, 3.8) is 0 Å². The molecule has 0 atom stereocenters. The molecule has 0 aliphatic heterocycles. The Labute approximate surface area is 106 Å². The molecule has 0 radical (unpaired) electrons. The Morgan fingerprint density at radius 2 is 2.00 bits per heavy atom. The molecule has 0 aliphatic carbocycles. The summed E-state index contributed by atoms with van der Waals surface area (Å²) in [7, 11) is 1.73. The van der Waals surface area contributed by atoms with Crippen LogP contribution in [0, 0.1) is 5.82 Å². The molecule has 1 aromatic carbocycles. The first kappa shape index (κ1) is 13.4. The molecule has 0 saturated heterocycles. The molecule has 19 heavy (non-hydrogen) atoms. The molecule has 0 bridgehead atoms. The normalized spacial score (nSPS) is 11.6. The average molecular weight is 273 g/mol. The van der Waals surface area contributed by atoms with E-state index in [-0.39, 0.29) is 12.1 Å². The predicted octanol–water partition coefficient (Wildman–Crippen LogP) is 3.19. The Hall–Kier alpha value is -2.05. The van der Waals surface area contributed by atoms with E-state index in [1.54, 1.807) is 24.0 Å². The van der Waals surface area contributed by atoms with Crippen LogP contribution in [0.3, 0.4) is 0 Å². The van der Waals surface area contributed by atoms with Gasteiger partial charge in [0.25, 0.3) is 0 Å². The third-order valence-electron chi connectivity index (χ3n) is 2.55. The minimum atomic E-state index is -4.53. The summed E-state index contributed by atoms with van der Waals surface area (Å²) in [6, 6.07) is 4.16. The number of halogens is 4. The Kier molecular flexibility index (Phi) is 3.46. The van der Waals surface area contributed by atoms with E-state index in [1.165, 1.54) is 0 Å². The second-order valence-corrected chi connectivity index (χ2v) is 4.03. The molecule has 0 aliphatic rings. The molecular formula is C12H11F4N3. The van der Waals surface area contributed by atoms with Crippen molar-refractivity contribution in [1.82, 2.24) is 9.78 Å². The Morgan fingerprint density at radius 1 is 1.26 bits per heavy atom. The summed E-state index contributed by atoms with van der Waals surface area (Å²) >= 11 is 0. The van der Waals surface area contributed by atoms with E-state index in [9.17, 15) is 17.6 Å². The highest BCUT2D eigenvalue weighted by Gasteiger charge is 2.31. The van der Waals surface area contributed by atoms with Gasteiger partial charge in [0.1, 0.15) is 11.6 Å². The summed E-state index contributed by atoms with van der Waals surface area (Å²) in [5.41, 5.74) is -0.842. The zero-order valence-electron chi connectivity index (χ0n) is 10.0. The third-order valence-corrected chi connectivity index (χ3v) is 2.55. The first-order chi connectivity index (χ1) is 8.86. The van der Waals surface area contributed by atoms with E-state index >= 15 is 0 Å². The van der Waals surface area contributed by atoms with Gasteiger partial charge in [-0.1, -0.05) is 6.07 Å². The van der Waals surface area contributed by atoms with Gasteiger partial charge in [0, 0.05) is 31.4 Å². The van der Waals surface area contributed by atoms with Gasteiger partial charge in [-0.15, -0.1) is 0 Å². The van der Waals surface area contributed by atoms with E-state index < -0.39 is 17.6 Å². The third kappa shape index (κ3) is 3.24. The summed E-state index contributed by atoms with van der Waals surface area (Å²) in [4.78, 5) is 0. The SMILES string of the molecule is Cn1ccc(NCc2ccc(C(F)(F)F)cc2F)n1. The summed E-state index contributed by atoms with van der Waals surface area (Å²) in [5.74, 6) is -0.361. The van der Waals surface area contributed by atoms with Gasteiger partial charge < -0.3 is 5.32 Å². The number of rotatable bonds is 3. The molecule has 0 saturated carbocycles. The molecule has 102 valence electrons. The summed E-state index contributed by atoms with van der Waals surface area (Å²) in [5, 5.41) is 6.84. The summed E-state index contributed by atoms with van der Waals surface area (Å²) in [6.07, 6.45) is -2.83. The quantitative estimate of drug-likeness (QED) is 0.870. The van der Waals surface area contributed by atoms with E-state index in [1.807, 2.05) is 0 Å². The van der Waals surface area contributed by atoms with Crippen molar-refractivity contribution >= 4 is 5.82 Å². The second-order valence-electron chi connectivity index (χ2n) is 4.03. The molecule has 0 unspecified atom stereocenters. The maximum Gasteiger partial charge on any atom is 0.416 e. The van der Waals surface area contributed by atoms with Gasteiger partial charge >= 0.3 is 6.18 Å². The van der Waals surface area contributed by atoms with Crippen LogP contribution in [0.25, 0.3) is 0 Å². The van der Waals surface area contributed by atoms with Crippen LogP contribution in [0.15, 0.2) is 30.5 Å². The maximum atomic E-state index is 13.5. The average Bonchev–Trinajstić information content (AvgIpc) is 2.72. The molecule has 1 N–H and O–H groups in total. The molecule has 7 heteroatoms. The molecule has 1 heterocycles. The summed E-state index contributed by atoms with van der Waals surface area (Å²) < 4.78 is 52.2. The van der Waals surface area contributed by atoms with Crippen molar-refractivity contribution in [1.29, 1.82) is 0 Å². The van der Waals surface area contributed by atoms with Crippen molar-refractivity contribution in [3.8, 4) is 0 Å². The van der Waals surface area contributed by atoms with Crippen LogP contribution >= 0.6 is 0 Å². The molecule has 0 amide bonds. The van der Waals surface area contributed by atoms with Crippen LogP contribution in [0.5, 0.6) is 0 Å². The number of hydrogen-bond donors (Lipinski definition) is 1. The highest BCUT2D eigenvalue weighted by atomic mass is 19.4. The number of benzene rings is 1. The number of hydrogen-bond acceptors (Lipinski definition) is 2. The molecule has 3 nitrogen and oxygen atoms in total. The number of anilines is 1. The van der Waals surface area contributed by atoms with Crippen LogP contribution in [-0.2, 0) is 19.8 Å². The lowest BCUT2D eigenvalue weighted by Gasteiger charge is -2.09. The van der Waals surface area contributed by atoms with Crippen molar-refractivity contribution in [3.05, 3.63) is 47.4 Å². The standard InChI is InChI=1S/C12H11F4N3/c1-19-5-4-11(18-19)17-7-8-2-3-9(6-10(8)13)12(14,15)16/h2-6H,7H2,1H3,(H,17,18). The monoisotopic (exact) mass is 273 g/mol. The topological polar surface area (TPSA) is 29.9 Å². The molecule has 2 rings (SSSR count). The van der Waals surface area contributed by atoms with Crippen LogP contribution in [0.2, 0.25) is 0 Å². The number of aromatic nitrogens is 2. The lowest BCUT2D eigenvalue weighted by atomic mass is 10.1. The molecule has 1 aromatic heterocycles. The number of alkyl halides is 3. The number of nitrogens with one attached hydrogen (secondary N) is 1. The van der Waals surface area contributed by atoms with Gasteiger partial charge in [-0.25, -0.2) is 4.39 Å². The predicted molar refractivity (Wildman–Crippen MR) is 61.9 cm³/mol. The van der Waals surface area contributed by atoms with E-state index in [2.05, 4.69) is 10.4 Å². The van der Waals surface area contributed by atoms with Crippen LogP contribution in [0.4, 0.5) is 23.4 Å². The van der Waals surface area contributed by atoms with Gasteiger partial charge in [-0.2, -0.15) is 18.3 Å². The number of aryl methyl sites for hydroxylation is 1. The zero-order valence-corrected chi connectivity index (χ0v) is 10.0. The van der Waals surface area contributed by atoms with Crippen molar-refractivity contribution < 1.29 is 17.6 Å². The van der Waals surface area contributed by atoms with Crippen molar-refractivity contribution in [2.75, 3.05) is 5.32 Å². The van der Waals surface area contributed by atoms with Crippen molar-refractivity contribution in [2.45, 2.75) is 12.7 Å². The molecule has 2 aromatic rings. The Bertz CT molecular complexity index is 575. The van der Waals surface area contributed by atoms with E-state index in [0.29, 0.717) is 11.9 Å². The minimum Gasteiger partial charge on any atom is -0.364 e. The van der Waals surface area contributed by atoms with Gasteiger partial charge in [-0.3, -0.25) is 4.68 Å². The second kappa shape index (κ2) is 4.91. The lowest BCUT2D eigenvalue weighted by Crippen LogP contribution is -2.08. The first-order valence-electron chi connectivity index (χ1n) is 5.45. The van der Waals surface area contributed by atoms with E-state index in [0.717, 1.165) is 12.1 Å². The van der Waals surface area contributed by atoms with Gasteiger partial charge in [0.15, 0.2) is 0 Å². The Balaban J connectivity index is 2.09. The highest BCUT2D eigenvalue weighted by Crippen LogP contribution is 2.30. The Morgan fingerprint density at radius 3 is 2.53 bits per heavy atom. The van der Waals surface area contributed by atoms with Crippen LogP contribution in [0.1, 0.15) is 11.1 Å². The fraction of sp³-hybridized carbons (Fsp3) is 0.250. The van der Waals surface area contributed by atoms with Crippen molar-refractivity contribution in [2.24, 2.45) is 7.05 Å². The fourth-order valence-electron chi connectivity index (χ4n) is 1.56. The smallest absolute Gasteiger partial charge is 0.364 e. The summed E-state index contributed by atoms with van der Waals surface area (Å²) in [6.45, 7) is 0.0704. The molecule has 0 spiro atoms. The minimum absolute atomic E-state index is 0.0704. The first-order valence-corrected chi connectivity index (χ1v) is 5.45. The van der Waals surface area contributed by atoms with Gasteiger partial charge in [0.2, 0.25) is 0 Å². The zero-order chi connectivity index (χ0) is 14.0. The maximum absolute atomic E-state index is 13.5. The lowest BCUT2D eigenvalue weighted by molar-refractivity contribution is -0.137. The van der Waals surface area contributed by atoms with Gasteiger partial charge in [0.05, 0.1) is 5.56 Å². The van der Waals surface area contributed by atoms with E-state index in [4.69, 9.17) is 0 Å². The number of nitrogens with zero attached hydrogens (tertiary/aromatic N) is 2. The van der Waals surface area contributed by atoms with Gasteiger partial charge in [-0.05, 0) is 12.1 Å². The van der Waals surface area contributed by atoms with Crippen LogP contribution < -0.4 is 5.32 Å².